The number of nitrogens with two attached hydrogens (primary N) is 1. The summed E-state index contributed by atoms with van der Waals surface area (Å²) in [5.41, 5.74) is 7.34. The van der Waals surface area contributed by atoms with Gasteiger partial charge in [-0.2, -0.15) is 0 Å². The lowest BCUT2D eigenvalue weighted by molar-refractivity contribution is 0.273. The van der Waals surface area contributed by atoms with E-state index in [1.165, 1.54) is 12.1 Å². The molecule has 0 radical (unpaired) electrons. The second kappa shape index (κ2) is 5.67. The van der Waals surface area contributed by atoms with Crippen LogP contribution in [0.15, 0.2) is 18.2 Å². The first-order valence-corrected chi connectivity index (χ1v) is 6.60. The summed E-state index contributed by atoms with van der Waals surface area (Å²) in [5.74, 6) is 0.702. The molecular formula is C14H21FN4. The molecule has 2 N–H and O–H groups in total. The highest BCUT2D eigenvalue weighted by atomic mass is 19.1. The van der Waals surface area contributed by atoms with Crippen LogP contribution in [0.25, 0.3) is 11.0 Å². The average Bonchev–Trinajstić information content (AvgIpc) is 2.68. The first kappa shape index (κ1) is 14.0. The third kappa shape index (κ3) is 2.62. The standard InChI is InChI=1S/C14H21FN4/c1-4-12(18(2)3)14-17-11-9-10(15)5-6-13(11)19(14)8-7-16/h5-6,9,12H,4,7-8,16H2,1-3H3. The topological polar surface area (TPSA) is 47.1 Å². The maximum Gasteiger partial charge on any atom is 0.127 e. The molecule has 0 saturated heterocycles. The second-order valence-corrected chi connectivity index (χ2v) is 4.93. The van der Waals surface area contributed by atoms with Crippen molar-refractivity contribution in [2.45, 2.75) is 25.9 Å². The number of benzene rings is 1. The van der Waals surface area contributed by atoms with E-state index in [1.54, 1.807) is 6.07 Å². The van der Waals surface area contributed by atoms with Gasteiger partial charge >= 0.3 is 0 Å². The van der Waals surface area contributed by atoms with Crippen molar-refractivity contribution in [1.29, 1.82) is 0 Å². The summed E-state index contributed by atoms with van der Waals surface area (Å²) in [6.07, 6.45) is 0.948. The molecule has 1 unspecified atom stereocenters. The van der Waals surface area contributed by atoms with Crippen LogP contribution in [0.4, 0.5) is 4.39 Å². The van der Waals surface area contributed by atoms with E-state index < -0.39 is 0 Å². The normalized spacial score (nSPS) is 13.4. The Morgan fingerprint density at radius 1 is 1.42 bits per heavy atom. The van der Waals surface area contributed by atoms with Gasteiger partial charge in [-0.05, 0) is 32.6 Å². The highest BCUT2D eigenvalue weighted by molar-refractivity contribution is 5.76. The fourth-order valence-corrected chi connectivity index (χ4v) is 2.52. The summed E-state index contributed by atoms with van der Waals surface area (Å²) in [6.45, 7) is 3.36. The zero-order valence-electron chi connectivity index (χ0n) is 11.7. The van der Waals surface area contributed by atoms with Gasteiger partial charge < -0.3 is 10.3 Å². The Hall–Kier alpha value is -1.46. The van der Waals surface area contributed by atoms with Crippen LogP contribution in [0.2, 0.25) is 0 Å². The maximum absolute atomic E-state index is 13.3. The van der Waals surface area contributed by atoms with E-state index in [2.05, 4.69) is 21.4 Å². The lowest BCUT2D eigenvalue weighted by Crippen LogP contribution is -2.24. The van der Waals surface area contributed by atoms with Gasteiger partial charge in [0.15, 0.2) is 0 Å². The molecule has 0 spiro atoms. The van der Waals surface area contributed by atoms with Gasteiger partial charge in [-0.1, -0.05) is 6.92 Å². The van der Waals surface area contributed by atoms with Crippen LogP contribution in [0.1, 0.15) is 25.2 Å². The Bertz CT molecular complexity index is 562. The summed E-state index contributed by atoms with van der Waals surface area (Å²) in [7, 11) is 4.06. The number of rotatable bonds is 5. The first-order valence-electron chi connectivity index (χ1n) is 6.60. The van der Waals surface area contributed by atoms with Crippen molar-refractivity contribution in [2.24, 2.45) is 5.73 Å². The number of hydrogen-bond acceptors (Lipinski definition) is 3. The van der Waals surface area contributed by atoms with Crippen LogP contribution in [0.5, 0.6) is 0 Å². The molecule has 2 rings (SSSR count). The minimum absolute atomic E-state index is 0.210. The van der Waals surface area contributed by atoms with Gasteiger partial charge in [0.1, 0.15) is 11.6 Å². The van der Waals surface area contributed by atoms with Crippen molar-refractivity contribution in [3.05, 3.63) is 29.8 Å². The molecule has 1 aromatic heterocycles. The molecule has 4 nitrogen and oxygen atoms in total. The summed E-state index contributed by atoms with van der Waals surface area (Å²) in [5, 5.41) is 0. The van der Waals surface area contributed by atoms with Gasteiger partial charge in [-0.25, -0.2) is 9.37 Å². The van der Waals surface area contributed by atoms with E-state index in [0.717, 1.165) is 17.8 Å². The number of hydrogen-bond donors (Lipinski definition) is 1. The SMILES string of the molecule is CCC(c1nc2cc(F)ccc2n1CCN)N(C)C. The lowest BCUT2D eigenvalue weighted by atomic mass is 10.2. The van der Waals surface area contributed by atoms with E-state index in [9.17, 15) is 4.39 Å². The molecule has 1 heterocycles. The van der Waals surface area contributed by atoms with Crippen LogP contribution in [-0.2, 0) is 6.54 Å². The second-order valence-electron chi connectivity index (χ2n) is 4.93. The van der Waals surface area contributed by atoms with Crippen LogP contribution in [0.3, 0.4) is 0 Å². The average molecular weight is 264 g/mol. The van der Waals surface area contributed by atoms with Gasteiger partial charge in [0.05, 0.1) is 17.1 Å². The van der Waals surface area contributed by atoms with E-state index in [0.29, 0.717) is 18.6 Å². The number of aromatic nitrogens is 2. The van der Waals surface area contributed by atoms with Gasteiger partial charge in [0.25, 0.3) is 0 Å². The summed E-state index contributed by atoms with van der Waals surface area (Å²) >= 11 is 0. The van der Waals surface area contributed by atoms with Crippen LogP contribution < -0.4 is 5.73 Å². The number of fused-ring (bicyclic) bond motifs is 1. The molecule has 0 bridgehead atoms. The van der Waals surface area contributed by atoms with E-state index in [-0.39, 0.29) is 11.9 Å². The fourth-order valence-electron chi connectivity index (χ4n) is 2.52. The smallest absolute Gasteiger partial charge is 0.127 e. The van der Waals surface area contributed by atoms with Crippen LogP contribution in [0, 0.1) is 5.82 Å². The minimum atomic E-state index is -0.255. The third-order valence-electron chi connectivity index (χ3n) is 3.40. The third-order valence-corrected chi connectivity index (χ3v) is 3.40. The van der Waals surface area contributed by atoms with Crippen LogP contribution in [-0.4, -0.2) is 35.1 Å². The van der Waals surface area contributed by atoms with Gasteiger partial charge in [0, 0.05) is 19.2 Å². The molecule has 1 atom stereocenters. The minimum Gasteiger partial charge on any atom is -0.329 e. The monoisotopic (exact) mass is 264 g/mol. The Morgan fingerprint density at radius 3 is 2.74 bits per heavy atom. The Morgan fingerprint density at radius 2 is 2.16 bits per heavy atom. The summed E-state index contributed by atoms with van der Waals surface area (Å²) in [4.78, 5) is 6.74. The molecule has 1 aromatic carbocycles. The molecule has 0 aliphatic carbocycles. The molecule has 0 aliphatic heterocycles. The Balaban J connectivity index is 2.61. The molecule has 5 heteroatoms. The zero-order valence-corrected chi connectivity index (χ0v) is 11.7. The summed E-state index contributed by atoms with van der Waals surface area (Å²) < 4.78 is 15.4. The quantitative estimate of drug-likeness (QED) is 0.900. The molecule has 2 aromatic rings. The molecule has 19 heavy (non-hydrogen) atoms. The Kier molecular flexibility index (Phi) is 4.17. The van der Waals surface area contributed by atoms with E-state index in [4.69, 9.17) is 5.73 Å². The molecule has 104 valence electrons. The Labute approximate surface area is 113 Å². The van der Waals surface area contributed by atoms with Crippen molar-refractivity contribution in [3.63, 3.8) is 0 Å². The van der Waals surface area contributed by atoms with Crippen molar-refractivity contribution in [1.82, 2.24) is 14.5 Å². The first-order chi connectivity index (χ1) is 9.08. The number of halogens is 1. The maximum atomic E-state index is 13.3. The van der Waals surface area contributed by atoms with Crippen molar-refractivity contribution in [3.8, 4) is 0 Å². The highest BCUT2D eigenvalue weighted by Crippen LogP contribution is 2.26. The number of nitrogens with zero attached hydrogens (tertiary/aromatic N) is 3. The van der Waals surface area contributed by atoms with Crippen LogP contribution >= 0.6 is 0 Å². The van der Waals surface area contributed by atoms with E-state index >= 15 is 0 Å². The largest absolute Gasteiger partial charge is 0.329 e. The van der Waals surface area contributed by atoms with Gasteiger partial charge in [-0.15, -0.1) is 0 Å². The zero-order chi connectivity index (χ0) is 14.0. The molecule has 0 amide bonds. The molecule has 0 saturated carbocycles. The van der Waals surface area contributed by atoms with E-state index in [1.807, 2.05) is 14.1 Å². The van der Waals surface area contributed by atoms with Crippen molar-refractivity contribution < 1.29 is 4.39 Å². The highest BCUT2D eigenvalue weighted by Gasteiger charge is 2.20. The molecular weight excluding hydrogens is 243 g/mol. The predicted molar refractivity (Wildman–Crippen MR) is 75.5 cm³/mol. The van der Waals surface area contributed by atoms with Gasteiger partial charge in [-0.3, -0.25) is 4.90 Å². The van der Waals surface area contributed by atoms with Gasteiger partial charge in [0.2, 0.25) is 0 Å². The molecule has 0 fully saturated rings. The molecule has 0 aliphatic rings. The summed E-state index contributed by atoms with van der Waals surface area (Å²) in [6, 6.07) is 4.94. The number of imidazole rings is 1. The van der Waals surface area contributed by atoms with Crippen molar-refractivity contribution in [2.75, 3.05) is 20.6 Å². The fraction of sp³-hybridized carbons (Fsp3) is 0.500. The predicted octanol–water partition coefficient (Wildman–Crippen LogP) is 2.15. The lowest BCUT2D eigenvalue weighted by Gasteiger charge is -2.23. The van der Waals surface area contributed by atoms with Crippen molar-refractivity contribution >= 4 is 11.0 Å².